The molecule has 0 amide bonds. The average Bonchev–Trinajstić information content (AvgIpc) is 3.35. The second-order valence-corrected chi connectivity index (χ2v) is 15.1. The SMILES string of the molecule is CCCCCCCC/C=C\CCCCCCCC(=O)OC[C@H](COP(=O)(O)O)OC(=O)C/C=C\C[C@H]1[C@@H](/C=C/[C@H](O)CCCCC)[C@H](O)C[C@@H]1O. The van der Waals surface area contributed by atoms with Gasteiger partial charge in [0.1, 0.15) is 6.61 Å². The number of carbonyl (C=O) groups is 2. The molecule has 0 bridgehead atoms. The molecule has 0 aliphatic heterocycles. The van der Waals surface area contributed by atoms with Gasteiger partial charge in [0.25, 0.3) is 0 Å². The van der Waals surface area contributed by atoms with Crippen molar-refractivity contribution in [2.24, 2.45) is 11.8 Å². The zero-order chi connectivity index (χ0) is 37.7. The number of phosphoric acid groups is 1. The van der Waals surface area contributed by atoms with Crippen LogP contribution in [0.15, 0.2) is 36.5 Å². The fourth-order valence-corrected chi connectivity index (χ4v) is 6.58. The van der Waals surface area contributed by atoms with E-state index in [9.17, 15) is 29.5 Å². The number of hydrogen-bond donors (Lipinski definition) is 5. The summed E-state index contributed by atoms with van der Waals surface area (Å²) in [7, 11) is -4.85. The van der Waals surface area contributed by atoms with Gasteiger partial charge in [0.15, 0.2) is 6.10 Å². The Morgan fingerprint density at radius 2 is 1.37 bits per heavy atom. The number of esters is 2. The van der Waals surface area contributed by atoms with Crippen molar-refractivity contribution in [1.82, 2.24) is 0 Å². The summed E-state index contributed by atoms with van der Waals surface area (Å²) in [6.45, 7) is 3.28. The van der Waals surface area contributed by atoms with Gasteiger partial charge >= 0.3 is 19.8 Å². The molecule has 1 aliphatic carbocycles. The molecule has 0 aromatic carbocycles. The average molecular weight is 745 g/mol. The first-order chi connectivity index (χ1) is 24.5. The molecule has 5 N–H and O–H groups in total. The number of phosphoric ester groups is 1. The summed E-state index contributed by atoms with van der Waals surface area (Å²) >= 11 is 0. The molecule has 0 saturated heterocycles. The maximum atomic E-state index is 12.5. The molecule has 6 atom stereocenters. The number of ether oxygens (including phenoxy) is 2. The predicted octanol–water partition coefficient (Wildman–Crippen LogP) is 7.78. The van der Waals surface area contributed by atoms with Crippen LogP contribution in [0.4, 0.5) is 0 Å². The lowest BCUT2D eigenvalue weighted by Gasteiger charge is -2.20. The van der Waals surface area contributed by atoms with Gasteiger partial charge in [-0.1, -0.05) is 121 Å². The number of aliphatic hydroxyl groups is 3. The fraction of sp³-hybridized carbons (Fsp3) is 0.795. The lowest BCUT2D eigenvalue weighted by Crippen LogP contribution is -2.29. The Kier molecular flexibility index (Phi) is 27.4. The first kappa shape index (κ1) is 47.2. The lowest BCUT2D eigenvalue weighted by molar-refractivity contribution is -0.160. The van der Waals surface area contributed by atoms with E-state index in [0.717, 1.165) is 57.8 Å². The molecule has 12 heteroatoms. The van der Waals surface area contributed by atoms with Gasteiger partial charge in [-0.05, 0) is 50.9 Å². The van der Waals surface area contributed by atoms with Crippen molar-refractivity contribution in [3.8, 4) is 0 Å². The Bertz CT molecular complexity index is 1040. The molecule has 1 aliphatic rings. The van der Waals surface area contributed by atoms with E-state index in [1.807, 2.05) is 0 Å². The third-order valence-corrected chi connectivity index (χ3v) is 9.72. The van der Waals surface area contributed by atoms with Crippen molar-refractivity contribution in [2.45, 2.75) is 173 Å². The number of unbranched alkanes of at least 4 members (excludes halogenated alkanes) is 13. The number of allylic oxidation sites excluding steroid dienone is 3. The van der Waals surface area contributed by atoms with Crippen LogP contribution < -0.4 is 0 Å². The van der Waals surface area contributed by atoms with E-state index in [4.69, 9.17) is 19.3 Å². The van der Waals surface area contributed by atoms with Gasteiger partial charge in [-0.25, -0.2) is 4.57 Å². The maximum Gasteiger partial charge on any atom is 0.469 e. The Labute approximate surface area is 307 Å². The topological polar surface area (TPSA) is 180 Å². The van der Waals surface area contributed by atoms with E-state index in [1.54, 1.807) is 24.3 Å². The van der Waals surface area contributed by atoms with Crippen molar-refractivity contribution >= 4 is 19.8 Å². The van der Waals surface area contributed by atoms with E-state index >= 15 is 0 Å². The summed E-state index contributed by atoms with van der Waals surface area (Å²) in [5, 5.41) is 31.2. The second kappa shape index (κ2) is 29.6. The zero-order valence-electron chi connectivity index (χ0n) is 31.3. The molecular formula is C39H69O11P. The molecular weight excluding hydrogens is 675 g/mol. The molecule has 0 unspecified atom stereocenters. The molecule has 0 aromatic rings. The number of aliphatic hydroxyl groups excluding tert-OH is 3. The smallest absolute Gasteiger partial charge is 0.462 e. The van der Waals surface area contributed by atoms with Crippen molar-refractivity contribution < 1.29 is 53.3 Å². The highest BCUT2D eigenvalue weighted by Gasteiger charge is 2.39. The van der Waals surface area contributed by atoms with Gasteiger partial charge in [-0.15, -0.1) is 0 Å². The molecule has 296 valence electrons. The van der Waals surface area contributed by atoms with Gasteiger partial charge in [0.05, 0.1) is 31.3 Å². The van der Waals surface area contributed by atoms with Gasteiger partial charge in [-0.2, -0.15) is 0 Å². The first-order valence-corrected chi connectivity index (χ1v) is 21.1. The Morgan fingerprint density at radius 3 is 2.02 bits per heavy atom. The summed E-state index contributed by atoms with van der Waals surface area (Å²) in [6, 6.07) is 0. The third-order valence-electron chi connectivity index (χ3n) is 9.23. The number of hydrogen-bond acceptors (Lipinski definition) is 9. The van der Waals surface area contributed by atoms with Gasteiger partial charge in [0, 0.05) is 18.8 Å². The van der Waals surface area contributed by atoms with Crippen LogP contribution in [0.3, 0.4) is 0 Å². The predicted molar refractivity (Wildman–Crippen MR) is 200 cm³/mol. The molecule has 1 fully saturated rings. The number of rotatable bonds is 31. The van der Waals surface area contributed by atoms with E-state index in [-0.39, 0.29) is 31.1 Å². The number of carbonyl (C=O) groups excluding carboxylic acids is 2. The minimum absolute atomic E-state index is 0.169. The van der Waals surface area contributed by atoms with E-state index in [2.05, 4.69) is 30.5 Å². The largest absolute Gasteiger partial charge is 0.469 e. The van der Waals surface area contributed by atoms with Crippen molar-refractivity contribution in [3.05, 3.63) is 36.5 Å². The molecule has 0 radical (unpaired) electrons. The van der Waals surface area contributed by atoms with Crippen LogP contribution in [0.1, 0.15) is 149 Å². The van der Waals surface area contributed by atoms with Gasteiger partial charge in [-0.3, -0.25) is 14.1 Å². The summed E-state index contributed by atoms with van der Waals surface area (Å²) < 4.78 is 26.3. The summed E-state index contributed by atoms with van der Waals surface area (Å²) in [5.41, 5.74) is 0. The van der Waals surface area contributed by atoms with Crippen LogP contribution in [0.5, 0.6) is 0 Å². The standard InChI is InChI=1S/C39H69O11P/c1-3-5-7-8-9-10-11-12-13-14-15-16-17-18-20-25-38(43)48-30-33(31-49-51(45,46)47)50-39(44)26-22-21-24-34-35(37(42)29-36(34)41)28-27-32(40)23-19-6-4-2/h12-13,21-22,27-28,32-37,40-42H,3-11,14-20,23-26,29-31H2,1-2H3,(H2,45,46,47)/b13-12-,22-21-,28-27+/t32-,33-,34+,35-,36+,37-/m1/s1. The Hall–Kier alpha value is -1.85. The van der Waals surface area contributed by atoms with Crippen molar-refractivity contribution in [1.29, 1.82) is 0 Å². The van der Waals surface area contributed by atoms with Gasteiger partial charge in [0.2, 0.25) is 0 Å². The van der Waals surface area contributed by atoms with Crippen LogP contribution in [0.2, 0.25) is 0 Å². The fourth-order valence-electron chi connectivity index (χ4n) is 6.22. The monoisotopic (exact) mass is 744 g/mol. The molecule has 11 nitrogen and oxygen atoms in total. The highest BCUT2D eigenvalue weighted by molar-refractivity contribution is 7.46. The Balaban J connectivity index is 2.38. The minimum atomic E-state index is -4.85. The van der Waals surface area contributed by atoms with E-state index in [0.29, 0.717) is 19.3 Å². The first-order valence-electron chi connectivity index (χ1n) is 19.5. The second-order valence-electron chi connectivity index (χ2n) is 13.9. The summed E-state index contributed by atoms with van der Waals surface area (Å²) in [5.74, 6) is -1.83. The van der Waals surface area contributed by atoms with Crippen LogP contribution in [-0.4, -0.2) is 74.7 Å². The van der Waals surface area contributed by atoms with E-state index in [1.165, 1.54) is 38.5 Å². The van der Waals surface area contributed by atoms with Gasteiger partial charge < -0.3 is 34.6 Å². The molecule has 0 heterocycles. The Morgan fingerprint density at radius 1 is 0.765 bits per heavy atom. The normalized spacial score (nSPS) is 20.8. The van der Waals surface area contributed by atoms with E-state index < -0.39 is 57.4 Å². The lowest BCUT2D eigenvalue weighted by atomic mass is 9.89. The quantitative estimate of drug-likeness (QED) is 0.0202. The summed E-state index contributed by atoms with van der Waals surface area (Å²) in [4.78, 5) is 43.0. The summed E-state index contributed by atoms with van der Waals surface area (Å²) in [6.07, 6.45) is 27.1. The van der Waals surface area contributed by atoms with Crippen LogP contribution in [-0.2, 0) is 28.2 Å². The third kappa shape index (κ3) is 25.7. The molecule has 51 heavy (non-hydrogen) atoms. The molecule has 0 spiro atoms. The molecule has 1 saturated carbocycles. The highest BCUT2D eigenvalue weighted by Crippen LogP contribution is 2.37. The zero-order valence-corrected chi connectivity index (χ0v) is 32.2. The minimum Gasteiger partial charge on any atom is -0.462 e. The highest BCUT2D eigenvalue weighted by atomic mass is 31.2. The van der Waals surface area contributed by atoms with Crippen molar-refractivity contribution in [2.75, 3.05) is 13.2 Å². The van der Waals surface area contributed by atoms with Crippen molar-refractivity contribution in [3.63, 3.8) is 0 Å². The van der Waals surface area contributed by atoms with Crippen LogP contribution in [0, 0.1) is 11.8 Å². The molecule has 1 rings (SSSR count). The maximum absolute atomic E-state index is 12.5. The van der Waals surface area contributed by atoms with Crippen LogP contribution >= 0.6 is 7.82 Å². The molecule has 0 aromatic heterocycles. The van der Waals surface area contributed by atoms with Crippen LogP contribution in [0.25, 0.3) is 0 Å².